The van der Waals surface area contributed by atoms with E-state index in [0.717, 1.165) is 14.6 Å². The average molecular weight is 342 g/mol. The molecule has 6 heteroatoms. The smallest absolute Gasteiger partial charge is 0.151 e. The first-order valence-electron chi connectivity index (χ1n) is 7.04. The molecule has 0 aliphatic rings. The fraction of sp³-hybridized carbons (Fsp3) is 0.176. The lowest BCUT2D eigenvalue weighted by Crippen LogP contribution is -2.19. The molecule has 1 heterocycles. The first-order valence-corrected chi connectivity index (χ1v) is 8.84. The zero-order valence-electron chi connectivity index (χ0n) is 12.2. The summed E-state index contributed by atoms with van der Waals surface area (Å²) in [5.74, 6) is 1.17. The number of aromatic nitrogens is 1. The maximum atomic E-state index is 10.0. The maximum absolute atomic E-state index is 10.0. The number of aliphatic hydroxyl groups is 1. The van der Waals surface area contributed by atoms with Crippen LogP contribution in [0.3, 0.4) is 0 Å². The number of rotatable bonds is 6. The topological polar surface area (TPSA) is 66.1 Å². The van der Waals surface area contributed by atoms with Crippen LogP contribution in [0.5, 0.6) is 5.75 Å². The van der Waals surface area contributed by atoms with E-state index in [4.69, 9.17) is 10.00 Å². The van der Waals surface area contributed by atoms with Gasteiger partial charge < -0.3 is 9.84 Å². The van der Waals surface area contributed by atoms with Crippen molar-refractivity contribution in [2.45, 2.75) is 10.4 Å². The van der Waals surface area contributed by atoms with Crippen molar-refractivity contribution in [3.63, 3.8) is 0 Å². The van der Waals surface area contributed by atoms with Crippen LogP contribution in [-0.2, 0) is 0 Å². The SMILES string of the molecule is N#Cc1ccc(OCC(O)CSc2nc3ccccc3s2)cc1. The van der Waals surface area contributed by atoms with Crippen molar-refractivity contribution in [2.75, 3.05) is 12.4 Å². The molecule has 1 N–H and O–H groups in total. The number of para-hydroxylation sites is 1. The third-order valence-electron chi connectivity index (χ3n) is 3.10. The van der Waals surface area contributed by atoms with Gasteiger partial charge in [0.25, 0.3) is 0 Å². The van der Waals surface area contributed by atoms with Crippen LogP contribution in [0.15, 0.2) is 52.9 Å². The predicted molar refractivity (Wildman–Crippen MR) is 93.0 cm³/mol. The Balaban J connectivity index is 1.49. The highest BCUT2D eigenvalue weighted by Gasteiger charge is 2.09. The van der Waals surface area contributed by atoms with Crippen LogP contribution in [-0.4, -0.2) is 28.6 Å². The monoisotopic (exact) mass is 342 g/mol. The molecule has 4 nitrogen and oxygen atoms in total. The number of benzene rings is 2. The van der Waals surface area contributed by atoms with E-state index < -0.39 is 6.10 Å². The van der Waals surface area contributed by atoms with Crippen LogP contribution in [0.1, 0.15) is 5.56 Å². The zero-order valence-corrected chi connectivity index (χ0v) is 13.8. The van der Waals surface area contributed by atoms with Gasteiger partial charge in [-0.25, -0.2) is 4.98 Å². The van der Waals surface area contributed by atoms with Crippen molar-refractivity contribution in [3.8, 4) is 11.8 Å². The summed E-state index contributed by atoms with van der Waals surface area (Å²) in [6.07, 6.45) is -0.581. The number of hydrogen-bond acceptors (Lipinski definition) is 6. The van der Waals surface area contributed by atoms with E-state index in [1.54, 1.807) is 35.6 Å². The van der Waals surface area contributed by atoms with Crippen molar-refractivity contribution in [1.29, 1.82) is 5.26 Å². The number of nitriles is 1. The molecule has 2 aromatic carbocycles. The largest absolute Gasteiger partial charge is 0.491 e. The fourth-order valence-electron chi connectivity index (χ4n) is 1.95. The number of nitrogens with zero attached hydrogens (tertiary/aromatic N) is 2. The van der Waals surface area contributed by atoms with Gasteiger partial charge in [0.1, 0.15) is 12.4 Å². The highest BCUT2D eigenvalue weighted by atomic mass is 32.2. The first-order chi connectivity index (χ1) is 11.2. The Morgan fingerprint density at radius 3 is 2.74 bits per heavy atom. The van der Waals surface area contributed by atoms with Gasteiger partial charge in [0.05, 0.1) is 28.0 Å². The average Bonchev–Trinajstić information content (AvgIpc) is 3.01. The summed E-state index contributed by atoms with van der Waals surface area (Å²) >= 11 is 3.16. The molecule has 0 bridgehead atoms. The number of thiazole rings is 1. The van der Waals surface area contributed by atoms with Gasteiger partial charge in [-0.15, -0.1) is 11.3 Å². The van der Waals surface area contributed by atoms with Crippen LogP contribution in [0, 0.1) is 11.3 Å². The lowest BCUT2D eigenvalue weighted by atomic mass is 10.2. The molecule has 1 atom stereocenters. The molecule has 3 aromatic rings. The van der Waals surface area contributed by atoms with Gasteiger partial charge in [0, 0.05) is 5.75 Å². The maximum Gasteiger partial charge on any atom is 0.151 e. The number of thioether (sulfide) groups is 1. The van der Waals surface area contributed by atoms with E-state index in [1.165, 1.54) is 11.8 Å². The summed E-state index contributed by atoms with van der Waals surface area (Å²) in [6.45, 7) is 0.212. The lowest BCUT2D eigenvalue weighted by Gasteiger charge is -2.11. The minimum atomic E-state index is -0.581. The Kier molecular flexibility index (Phi) is 5.13. The van der Waals surface area contributed by atoms with Crippen molar-refractivity contribution in [3.05, 3.63) is 54.1 Å². The van der Waals surface area contributed by atoms with Crippen molar-refractivity contribution in [2.24, 2.45) is 0 Å². The summed E-state index contributed by atoms with van der Waals surface area (Å²) in [5.41, 5.74) is 1.58. The molecular formula is C17H14N2O2S2. The summed E-state index contributed by atoms with van der Waals surface area (Å²) in [4.78, 5) is 4.52. The molecule has 3 rings (SSSR count). The number of hydrogen-bond donors (Lipinski definition) is 1. The van der Waals surface area contributed by atoms with E-state index in [2.05, 4.69) is 11.1 Å². The van der Waals surface area contributed by atoms with Gasteiger partial charge in [0.15, 0.2) is 4.34 Å². The predicted octanol–water partition coefficient (Wildman–Crippen LogP) is 3.70. The summed E-state index contributed by atoms with van der Waals surface area (Å²) in [7, 11) is 0. The molecule has 0 radical (unpaired) electrons. The number of ether oxygens (including phenoxy) is 1. The molecule has 0 aliphatic carbocycles. The molecule has 116 valence electrons. The Labute approximate surface area is 142 Å². The quantitative estimate of drug-likeness (QED) is 0.692. The minimum Gasteiger partial charge on any atom is -0.491 e. The normalized spacial score (nSPS) is 12.0. The highest BCUT2D eigenvalue weighted by Crippen LogP contribution is 2.29. The van der Waals surface area contributed by atoms with E-state index in [1.807, 2.05) is 24.3 Å². The van der Waals surface area contributed by atoms with E-state index in [0.29, 0.717) is 17.1 Å². The van der Waals surface area contributed by atoms with Gasteiger partial charge >= 0.3 is 0 Å². The van der Waals surface area contributed by atoms with Crippen LogP contribution in [0.2, 0.25) is 0 Å². The molecule has 0 amide bonds. The number of fused-ring (bicyclic) bond motifs is 1. The second-order valence-electron chi connectivity index (χ2n) is 4.86. The molecule has 0 saturated heterocycles. The summed E-state index contributed by atoms with van der Waals surface area (Å²) in [6, 6.07) is 16.9. The second kappa shape index (κ2) is 7.47. The van der Waals surface area contributed by atoms with Gasteiger partial charge in [-0.1, -0.05) is 23.9 Å². The van der Waals surface area contributed by atoms with Gasteiger partial charge in [-0.2, -0.15) is 5.26 Å². The van der Waals surface area contributed by atoms with Crippen molar-refractivity contribution >= 4 is 33.3 Å². The number of aliphatic hydroxyl groups excluding tert-OH is 1. The highest BCUT2D eigenvalue weighted by molar-refractivity contribution is 8.01. The van der Waals surface area contributed by atoms with E-state index in [9.17, 15) is 5.11 Å². The molecule has 0 saturated carbocycles. The molecule has 0 aliphatic heterocycles. The van der Waals surface area contributed by atoms with Gasteiger partial charge in [-0.3, -0.25) is 0 Å². The van der Waals surface area contributed by atoms with E-state index in [-0.39, 0.29) is 6.61 Å². The third kappa shape index (κ3) is 4.23. The molecule has 0 fully saturated rings. The van der Waals surface area contributed by atoms with Gasteiger partial charge in [-0.05, 0) is 36.4 Å². The van der Waals surface area contributed by atoms with Crippen LogP contribution in [0.25, 0.3) is 10.2 Å². The molecule has 23 heavy (non-hydrogen) atoms. The Morgan fingerprint density at radius 1 is 1.22 bits per heavy atom. The van der Waals surface area contributed by atoms with Gasteiger partial charge in [0.2, 0.25) is 0 Å². The summed E-state index contributed by atoms with van der Waals surface area (Å²) < 4.78 is 7.62. The second-order valence-corrected chi connectivity index (χ2v) is 7.16. The van der Waals surface area contributed by atoms with Crippen molar-refractivity contribution in [1.82, 2.24) is 4.98 Å². The minimum absolute atomic E-state index is 0.212. The standard InChI is InChI=1S/C17H14N2O2S2/c18-9-12-5-7-14(8-6-12)21-10-13(20)11-22-17-19-15-3-1-2-4-16(15)23-17/h1-8,13,20H,10-11H2. The lowest BCUT2D eigenvalue weighted by molar-refractivity contribution is 0.126. The Hall–Kier alpha value is -2.07. The summed E-state index contributed by atoms with van der Waals surface area (Å²) in [5, 5.41) is 18.8. The molecule has 1 aromatic heterocycles. The van der Waals surface area contributed by atoms with Crippen LogP contribution < -0.4 is 4.74 Å². The van der Waals surface area contributed by atoms with Crippen LogP contribution >= 0.6 is 23.1 Å². The zero-order chi connectivity index (χ0) is 16.1. The Bertz CT molecular complexity index is 791. The van der Waals surface area contributed by atoms with Crippen molar-refractivity contribution < 1.29 is 9.84 Å². The first kappa shape index (κ1) is 15.8. The fourth-order valence-corrected chi connectivity index (χ4v) is 3.95. The molecule has 1 unspecified atom stereocenters. The Morgan fingerprint density at radius 2 is 2.00 bits per heavy atom. The van der Waals surface area contributed by atoms with Crippen LogP contribution in [0.4, 0.5) is 0 Å². The van der Waals surface area contributed by atoms with E-state index >= 15 is 0 Å². The third-order valence-corrected chi connectivity index (χ3v) is 5.42. The molecule has 0 spiro atoms. The molecular weight excluding hydrogens is 328 g/mol.